The van der Waals surface area contributed by atoms with Gasteiger partial charge in [0.15, 0.2) is 0 Å². The highest BCUT2D eigenvalue weighted by molar-refractivity contribution is 6.05. The average Bonchev–Trinajstić information content (AvgIpc) is 3.16. The second kappa shape index (κ2) is 7.91. The summed E-state index contributed by atoms with van der Waals surface area (Å²) in [4.78, 5) is 58.0. The zero-order chi connectivity index (χ0) is 21.3. The molecule has 4 rings (SSSR count). The van der Waals surface area contributed by atoms with Crippen molar-refractivity contribution in [2.75, 3.05) is 11.9 Å². The number of H-pyrrole nitrogens is 2. The molecule has 1 saturated heterocycles. The van der Waals surface area contributed by atoms with Crippen LogP contribution >= 0.6 is 0 Å². The summed E-state index contributed by atoms with van der Waals surface area (Å²) in [6.45, 7) is 1.35. The molecule has 1 unspecified atom stereocenters. The van der Waals surface area contributed by atoms with Crippen LogP contribution in [-0.4, -0.2) is 44.3 Å². The maximum atomic E-state index is 12.6. The molecule has 0 saturated carbocycles. The molecular formula is C20H20N6O4. The minimum atomic E-state index is -0.661. The number of pyridine rings is 1. The van der Waals surface area contributed by atoms with Gasteiger partial charge in [-0.15, -0.1) is 0 Å². The molecule has 3 heterocycles. The molecule has 0 radical (unpaired) electrons. The van der Waals surface area contributed by atoms with Gasteiger partial charge in [0, 0.05) is 18.4 Å². The van der Waals surface area contributed by atoms with Gasteiger partial charge in [0.1, 0.15) is 5.65 Å². The van der Waals surface area contributed by atoms with Crippen molar-refractivity contribution in [2.45, 2.75) is 25.4 Å². The molecule has 1 aliphatic heterocycles. The number of nitrogens with one attached hydrogen (secondary N) is 3. The number of nitrogens with two attached hydrogens (primary N) is 1. The molecule has 1 aliphatic rings. The van der Waals surface area contributed by atoms with E-state index in [9.17, 15) is 19.2 Å². The topological polar surface area (TPSA) is 154 Å². The number of carbonyl (C=O) groups is 2. The summed E-state index contributed by atoms with van der Waals surface area (Å²) in [5.41, 5.74) is 5.99. The molecule has 10 heteroatoms. The minimum absolute atomic E-state index is 0.108. The lowest BCUT2D eigenvalue weighted by Crippen LogP contribution is -2.39. The van der Waals surface area contributed by atoms with Crippen LogP contribution in [0.1, 0.15) is 28.8 Å². The quantitative estimate of drug-likeness (QED) is 0.476. The van der Waals surface area contributed by atoms with Gasteiger partial charge in [0.05, 0.1) is 17.0 Å². The number of aromatic nitrogens is 3. The first-order chi connectivity index (χ1) is 14.4. The van der Waals surface area contributed by atoms with Crippen molar-refractivity contribution in [3.63, 3.8) is 0 Å². The second-order valence-corrected chi connectivity index (χ2v) is 7.21. The molecule has 2 amide bonds. The molecule has 30 heavy (non-hydrogen) atoms. The number of rotatable bonds is 5. The van der Waals surface area contributed by atoms with E-state index in [2.05, 4.69) is 20.3 Å². The van der Waals surface area contributed by atoms with Gasteiger partial charge in [-0.3, -0.25) is 29.3 Å². The fraction of sp³-hybridized carbons (Fsp3) is 0.250. The molecule has 0 spiro atoms. The van der Waals surface area contributed by atoms with Crippen LogP contribution in [0, 0.1) is 0 Å². The maximum Gasteiger partial charge on any atom is 0.327 e. The Morgan fingerprint density at radius 1 is 1.23 bits per heavy atom. The van der Waals surface area contributed by atoms with Crippen LogP contribution in [0.25, 0.3) is 11.0 Å². The number of likely N-dealkylation sites (tertiary alicyclic amines) is 1. The maximum absolute atomic E-state index is 12.6. The zero-order valence-electron chi connectivity index (χ0n) is 16.0. The van der Waals surface area contributed by atoms with Crippen LogP contribution in [0.4, 0.5) is 5.69 Å². The number of nitrogens with zero attached hydrogens (tertiary/aromatic N) is 2. The van der Waals surface area contributed by atoms with Crippen LogP contribution in [0.3, 0.4) is 0 Å². The van der Waals surface area contributed by atoms with Crippen molar-refractivity contribution in [3.05, 3.63) is 68.5 Å². The van der Waals surface area contributed by atoms with E-state index in [1.165, 1.54) is 12.3 Å². The summed E-state index contributed by atoms with van der Waals surface area (Å²) in [5.74, 6) is -0.763. The number of benzene rings is 1. The number of carbonyl (C=O) groups excluding carboxylic acids is 2. The number of primary amides is 1. The Labute approximate surface area is 170 Å². The molecular weight excluding hydrogens is 388 g/mol. The largest absolute Gasteiger partial charge is 0.368 e. The summed E-state index contributed by atoms with van der Waals surface area (Å²) >= 11 is 0. The Hall–Kier alpha value is -3.79. The van der Waals surface area contributed by atoms with Crippen LogP contribution in [-0.2, 0) is 11.3 Å². The Morgan fingerprint density at radius 3 is 2.87 bits per heavy atom. The van der Waals surface area contributed by atoms with Gasteiger partial charge in [0.2, 0.25) is 5.91 Å². The number of amides is 2. The van der Waals surface area contributed by atoms with Gasteiger partial charge in [0.25, 0.3) is 11.5 Å². The molecule has 154 valence electrons. The van der Waals surface area contributed by atoms with Crippen LogP contribution < -0.4 is 22.3 Å². The Balaban J connectivity index is 1.52. The van der Waals surface area contributed by atoms with Gasteiger partial charge >= 0.3 is 5.69 Å². The zero-order valence-corrected chi connectivity index (χ0v) is 16.0. The number of hydrogen-bond donors (Lipinski definition) is 4. The lowest BCUT2D eigenvalue weighted by atomic mass is 10.1. The summed E-state index contributed by atoms with van der Waals surface area (Å²) in [5, 5.41) is 2.89. The third-order valence-corrected chi connectivity index (χ3v) is 5.12. The van der Waals surface area contributed by atoms with E-state index >= 15 is 0 Å². The SMILES string of the molecule is NC(=O)C1CCCN1Cc1cccc(NC(=O)c2cnc3[nH]c(=O)[nH]c(=O)c3c2)c1. The molecule has 1 atom stereocenters. The molecule has 5 N–H and O–H groups in total. The fourth-order valence-corrected chi connectivity index (χ4v) is 3.69. The normalized spacial score (nSPS) is 16.6. The molecule has 2 aromatic heterocycles. The van der Waals surface area contributed by atoms with E-state index in [1.54, 1.807) is 6.07 Å². The monoisotopic (exact) mass is 408 g/mol. The summed E-state index contributed by atoms with van der Waals surface area (Å²) in [7, 11) is 0. The lowest BCUT2D eigenvalue weighted by molar-refractivity contribution is -0.122. The van der Waals surface area contributed by atoms with E-state index in [1.807, 2.05) is 23.1 Å². The minimum Gasteiger partial charge on any atom is -0.368 e. The molecule has 3 aromatic rings. The van der Waals surface area contributed by atoms with Crippen molar-refractivity contribution in [1.29, 1.82) is 0 Å². The molecule has 10 nitrogen and oxygen atoms in total. The van der Waals surface area contributed by atoms with E-state index in [-0.39, 0.29) is 28.5 Å². The van der Waals surface area contributed by atoms with Crippen LogP contribution in [0.15, 0.2) is 46.1 Å². The highest BCUT2D eigenvalue weighted by Gasteiger charge is 2.28. The standard InChI is InChI=1S/C20H20N6O4/c21-16(27)15-5-2-6-26(15)10-11-3-1-4-13(7-11)23-18(28)12-8-14-17(22-9-12)24-20(30)25-19(14)29/h1,3-4,7-9,15H,2,5-6,10H2,(H2,21,27)(H,23,28)(H2,22,24,25,29,30). The van der Waals surface area contributed by atoms with Gasteiger partial charge in [-0.1, -0.05) is 12.1 Å². The summed E-state index contributed by atoms with van der Waals surface area (Å²) in [6, 6.07) is 8.41. The van der Waals surface area contributed by atoms with E-state index in [0.29, 0.717) is 12.2 Å². The molecule has 0 bridgehead atoms. The van der Waals surface area contributed by atoms with Crippen molar-refractivity contribution in [1.82, 2.24) is 19.9 Å². The molecule has 1 fully saturated rings. The Morgan fingerprint density at radius 2 is 2.07 bits per heavy atom. The van der Waals surface area contributed by atoms with Crippen molar-refractivity contribution in [2.24, 2.45) is 5.73 Å². The third-order valence-electron chi connectivity index (χ3n) is 5.12. The summed E-state index contributed by atoms with van der Waals surface area (Å²) < 4.78 is 0. The lowest BCUT2D eigenvalue weighted by Gasteiger charge is -2.22. The molecule has 0 aliphatic carbocycles. The van der Waals surface area contributed by atoms with Gasteiger partial charge < -0.3 is 11.1 Å². The van der Waals surface area contributed by atoms with Gasteiger partial charge in [-0.2, -0.15) is 0 Å². The average molecular weight is 408 g/mol. The predicted molar refractivity (Wildman–Crippen MR) is 110 cm³/mol. The smallest absolute Gasteiger partial charge is 0.327 e. The fourth-order valence-electron chi connectivity index (χ4n) is 3.69. The summed E-state index contributed by atoms with van der Waals surface area (Å²) in [6.07, 6.45) is 2.97. The van der Waals surface area contributed by atoms with Crippen LogP contribution in [0.2, 0.25) is 0 Å². The van der Waals surface area contributed by atoms with Crippen LogP contribution in [0.5, 0.6) is 0 Å². The van der Waals surface area contributed by atoms with E-state index in [0.717, 1.165) is 24.9 Å². The number of hydrogen-bond acceptors (Lipinski definition) is 6. The highest BCUT2D eigenvalue weighted by atomic mass is 16.2. The number of anilines is 1. The van der Waals surface area contributed by atoms with Crippen molar-refractivity contribution in [3.8, 4) is 0 Å². The number of fused-ring (bicyclic) bond motifs is 1. The predicted octanol–water partition coefficient (Wildman–Crippen LogP) is 0.313. The van der Waals surface area contributed by atoms with E-state index in [4.69, 9.17) is 5.73 Å². The first kappa shape index (κ1) is 19.5. The molecule has 1 aromatic carbocycles. The third kappa shape index (κ3) is 3.98. The second-order valence-electron chi connectivity index (χ2n) is 7.21. The van der Waals surface area contributed by atoms with Gasteiger partial charge in [-0.05, 0) is 43.1 Å². The Kier molecular flexibility index (Phi) is 5.15. The number of aromatic amines is 2. The van der Waals surface area contributed by atoms with Crippen molar-refractivity contribution >= 4 is 28.5 Å². The van der Waals surface area contributed by atoms with Gasteiger partial charge in [-0.25, -0.2) is 9.78 Å². The first-order valence-corrected chi connectivity index (χ1v) is 9.47. The van der Waals surface area contributed by atoms with Crippen molar-refractivity contribution < 1.29 is 9.59 Å². The first-order valence-electron chi connectivity index (χ1n) is 9.47. The van der Waals surface area contributed by atoms with E-state index < -0.39 is 17.2 Å². The Bertz CT molecular complexity index is 1250. The highest BCUT2D eigenvalue weighted by Crippen LogP contribution is 2.21.